The van der Waals surface area contributed by atoms with Crippen LogP contribution in [0.25, 0.3) is 0 Å². The molecule has 1 saturated heterocycles. The second-order valence-electron chi connectivity index (χ2n) is 2.90. The molecule has 0 aliphatic carbocycles. The van der Waals surface area contributed by atoms with E-state index in [9.17, 15) is 0 Å². The van der Waals surface area contributed by atoms with Gasteiger partial charge >= 0.3 is 0 Å². The lowest BCUT2D eigenvalue weighted by molar-refractivity contribution is 0.0454. The van der Waals surface area contributed by atoms with Gasteiger partial charge in [0.05, 0.1) is 18.5 Å². The summed E-state index contributed by atoms with van der Waals surface area (Å²) in [5, 5.41) is 1.81. The van der Waals surface area contributed by atoms with Gasteiger partial charge in [0, 0.05) is 6.20 Å². The first-order valence-corrected chi connectivity index (χ1v) is 5.25. The van der Waals surface area contributed by atoms with Gasteiger partial charge in [0.15, 0.2) is 0 Å². The molecule has 3 nitrogen and oxygen atoms in total. The van der Waals surface area contributed by atoms with Gasteiger partial charge < -0.3 is 4.74 Å². The maximum atomic E-state index is 5.69. The Labute approximate surface area is 85.9 Å². The van der Waals surface area contributed by atoms with Crippen molar-refractivity contribution in [3.8, 4) is 0 Å². The molecule has 0 amide bonds. The summed E-state index contributed by atoms with van der Waals surface area (Å²) in [4.78, 5) is 8.06. The quantitative estimate of drug-likeness (QED) is 0.559. The van der Waals surface area contributed by atoms with Crippen molar-refractivity contribution in [1.82, 2.24) is 9.97 Å². The monoisotopic (exact) mass is 216 g/mol. The van der Waals surface area contributed by atoms with Crippen LogP contribution in [-0.2, 0) is 4.74 Å². The summed E-state index contributed by atoms with van der Waals surface area (Å²) in [6.45, 7) is 3.61. The van der Waals surface area contributed by atoms with Gasteiger partial charge in [-0.05, 0) is 24.1 Å². The highest BCUT2D eigenvalue weighted by molar-refractivity contribution is 8.00. The van der Waals surface area contributed by atoms with Gasteiger partial charge in [-0.2, -0.15) is 0 Å². The summed E-state index contributed by atoms with van der Waals surface area (Å²) < 4.78 is 5.08. The van der Waals surface area contributed by atoms with E-state index >= 15 is 0 Å². The highest BCUT2D eigenvalue weighted by Crippen LogP contribution is 2.28. The second-order valence-corrected chi connectivity index (χ2v) is 4.53. The lowest BCUT2D eigenvalue weighted by Gasteiger charge is -2.25. The van der Waals surface area contributed by atoms with E-state index in [1.807, 2.05) is 6.92 Å². The van der Waals surface area contributed by atoms with Crippen LogP contribution in [-0.4, -0.2) is 28.4 Å². The molecule has 0 saturated carbocycles. The van der Waals surface area contributed by atoms with Crippen molar-refractivity contribution in [3.63, 3.8) is 0 Å². The van der Waals surface area contributed by atoms with Crippen LogP contribution in [0.3, 0.4) is 0 Å². The minimum absolute atomic E-state index is 0.313. The summed E-state index contributed by atoms with van der Waals surface area (Å²) in [6, 6.07) is 0. The zero-order chi connectivity index (χ0) is 9.26. The molecule has 13 heavy (non-hydrogen) atoms. The molecule has 1 fully saturated rings. The third kappa shape index (κ3) is 2.13. The average Bonchev–Trinajstić information content (AvgIpc) is 2.03. The molecule has 0 aromatic carbocycles. The van der Waals surface area contributed by atoms with E-state index < -0.39 is 0 Å². The van der Waals surface area contributed by atoms with E-state index in [1.165, 1.54) is 0 Å². The van der Waals surface area contributed by atoms with E-state index in [-0.39, 0.29) is 0 Å². The zero-order valence-corrected chi connectivity index (χ0v) is 8.73. The summed E-state index contributed by atoms with van der Waals surface area (Å²) in [7, 11) is 0. The van der Waals surface area contributed by atoms with Crippen LogP contribution in [0.5, 0.6) is 0 Å². The number of aromatic nitrogens is 2. The van der Waals surface area contributed by atoms with Gasteiger partial charge in [-0.1, -0.05) is 11.8 Å². The smallest absolute Gasteiger partial charge is 0.223 e. The van der Waals surface area contributed by atoms with E-state index in [2.05, 4.69) is 9.97 Å². The normalized spacial score (nSPS) is 17.1. The number of aryl methyl sites for hydroxylation is 1. The first-order valence-electron chi connectivity index (χ1n) is 3.99. The van der Waals surface area contributed by atoms with Crippen molar-refractivity contribution in [3.05, 3.63) is 17.0 Å². The maximum Gasteiger partial charge on any atom is 0.223 e. The Hall–Kier alpha value is -0.320. The topological polar surface area (TPSA) is 35.0 Å². The van der Waals surface area contributed by atoms with Crippen LogP contribution in [0.4, 0.5) is 0 Å². The van der Waals surface area contributed by atoms with E-state index in [4.69, 9.17) is 16.3 Å². The van der Waals surface area contributed by atoms with Gasteiger partial charge in [-0.25, -0.2) is 9.97 Å². The lowest BCUT2D eigenvalue weighted by Crippen LogP contribution is -2.30. The first kappa shape index (κ1) is 9.24. The molecular weight excluding hydrogens is 208 g/mol. The summed E-state index contributed by atoms with van der Waals surface area (Å²) in [6.07, 6.45) is 1.75. The molecule has 1 aliphatic heterocycles. The third-order valence-corrected chi connectivity index (χ3v) is 3.21. The second kappa shape index (κ2) is 3.82. The molecule has 0 bridgehead atoms. The van der Waals surface area contributed by atoms with Gasteiger partial charge in [-0.15, -0.1) is 0 Å². The Morgan fingerprint density at radius 1 is 1.62 bits per heavy atom. The predicted molar refractivity (Wildman–Crippen MR) is 52.2 cm³/mol. The molecule has 1 aliphatic rings. The number of halogens is 1. The highest BCUT2D eigenvalue weighted by Gasteiger charge is 2.21. The number of ether oxygens (including phenoxy) is 1. The predicted octanol–water partition coefficient (Wildman–Crippen LogP) is 1.93. The van der Waals surface area contributed by atoms with Crippen molar-refractivity contribution in [2.45, 2.75) is 17.2 Å². The van der Waals surface area contributed by atoms with Crippen molar-refractivity contribution in [1.29, 1.82) is 0 Å². The minimum atomic E-state index is 0.313. The first-order chi connectivity index (χ1) is 6.25. The fraction of sp³-hybridized carbons (Fsp3) is 0.500. The fourth-order valence-corrected chi connectivity index (χ4v) is 2.17. The Kier molecular flexibility index (Phi) is 2.71. The molecule has 1 aromatic rings. The molecule has 5 heteroatoms. The van der Waals surface area contributed by atoms with E-state index in [1.54, 1.807) is 18.0 Å². The van der Waals surface area contributed by atoms with Crippen LogP contribution >= 0.6 is 23.4 Å². The van der Waals surface area contributed by atoms with Crippen LogP contribution in [0.15, 0.2) is 11.2 Å². The van der Waals surface area contributed by atoms with Gasteiger partial charge in [-0.3, -0.25) is 0 Å². The Balaban J connectivity index is 2.13. The lowest BCUT2D eigenvalue weighted by atomic mass is 10.4. The molecule has 2 rings (SSSR count). The minimum Gasteiger partial charge on any atom is -0.379 e. The van der Waals surface area contributed by atoms with Gasteiger partial charge in [0.25, 0.3) is 0 Å². The molecular formula is C8H9ClN2OS. The van der Waals surface area contributed by atoms with Crippen molar-refractivity contribution < 1.29 is 4.74 Å². The molecule has 0 spiro atoms. The molecule has 1 aromatic heterocycles. The molecule has 70 valence electrons. The number of hydrogen-bond donors (Lipinski definition) is 0. The maximum absolute atomic E-state index is 5.69. The third-order valence-electron chi connectivity index (χ3n) is 1.78. The van der Waals surface area contributed by atoms with Crippen LogP contribution in [0.1, 0.15) is 5.56 Å². The van der Waals surface area contributed by atoms with Crippen molar-refractivity contribution in [2.75, 3.05) is 13.2 Å². The van der Waals surface area contributed by atoms with Crippen LogP contribution in [0.2, 0.25) is 5.28 Å². The Bertz CT molecular complexity index is 317. The summed E-state index contributed by atoms with van der Waals surface area (Å²) in [5.74, 6) is 0. The molecule has 0 radical (unpaired) electrons. The molecule has 0 atom stereocenters. The standard InChI is InChI=1S/C8H9ClN2OS/c1-5-2-10-8(9)11-7(5)13-6-3-12-4-6/h2,6H,3-4H2,1H3. The number of thioether (sulfide) groups is 1. The number of rotatable bonds is 2. The molecule has 0 N–H and O–H groups in total. The van der Waals surface area contributed by atoms with Crippen molar-refractivity contribution >= 4 is 23.4 Å². The van der Waals surface area contributed by atoms with Gasteiger partial charge in [0.2, 0.25) is 5.28 Å². The SMILES string of the molecule is Cc1cnc(Cl)nc1SC1COC1. The Morgan fingerprint density at radius 3 is 3.00 bits per heavy atom. The number of hydrogen-bond acceptors (Lipinski definition) is 4. The summed E-state index contributed by atoms with van der Waals surface area (Å²) in [5.41, 5.74) is 1.07. The number of nitrogens with zero attached hydrogens (tertiary/aromatic N) is 2. The molecule has 2 heterocycles. The van der Waals surface area contributed by atoms with E-state index in [0.29, 0.717) is 10.5 Å². The summed E-state index contributed by atoms with van der Waals surface area (Å²) >= 11 is 7.41. The van der Waals surface area contributed by atoms with Crippen LogP contribution < -0.4 is 0 Å². The van der Waals surface area contributed by atoms with Crippen LogP contribution in [0, 0.1) is 6.92 Å². The largest absolute Gasteiger partial charge is 0.379 e. The Morgan fingerprint density at radius 2 is 2.38 bits per heavy atom. The fourth-order valence-electron chi connectivity index (χ4n) is 0.965. The van der Waals surface area contributed by atoms with Gasteiger partial charge in [0.1, 0.15) is 5.03 Å². The zero-order valence-electron chi connectivity index (χ0n) is 7.16. The average molecular weight is 217 g/mol. The van der Waals surface area contributed by atoms with E-state index in [0.717, 1.165) is 23.8 Å². The molecule has 0 unspecified atom stereocenters. The highest BCUT2D eigenvalue weighted by atomic mass is 35.5. The van der Waals surface area contributed by atoms with Crippen molar-refractivity contribution in [2.24, 2.45) is 0 Å².